The third-order valence-electron chi connectivity index (χ3n) is 4.30. The van der Waals surface area contributed by atoms with E-state index in [1.165, 1.54) is 23.6 Å². The van der Waals surface area contributed by atoms with Gasteiger partial charge in [-0.25, -0.2) is 4.98 Å². The maximum atomic E-state index is 12.4. The van der Waals surface area contributed by atoms with E-state index in [9.17, 15) is 4.79 Å². The normalized spacial score (nSPS) is 17.4. The molecule has 0 spiro atoms. The van der Waals surface area contributed by atoms with Crippen molar-refractivity contribution in [3.05, 3.63) is 84.6 Å². The summed E-state index contributed by atoms with van der Waals surface area (Å²) >= 11 is 0. The van der Waals surface area contributed by atoms with Crippen LogP contribution in [-0.4, -0.2) is 10.8 Å². The van der Waals surface area contributed by atoms with Crippen molar-refractivity contribution in [1.29, 1.82) is 0 Å². The third-order valence-corrected chi connectivity index (χ3v) is 4.30. The van der Waals surface area contributed by atoms with E-state index < -0.39 is 0 Å². The Labute approximate surface area is 136 Å². The number of aryl methyl sites for hydroxylation is 1. The minimum Gasteiger partial charge on any atom is -0.442 e. The van der Waals surface area contributed by atoms with Gasteiger partial charge in [0.25, 0.3) is 5.89 Å². The van der Waals surface area contributed by atoms with E-state index in [-0.39, 0.29) is 17.6 Å². The van der Waals surface area contributed by atoms with Crippen LogP contribution in [-0.2, 0) is 12.8 Å². The minimum absolute atomic E-state index is 0.00283. The molecule has 1 unspecified atom stereocenters. The van der Waals surface area contributed by atoms with Gasteiger partial charge in [0, 0.05) is 5.92 Å². The molecule has 1 aliphatic carbocycles. The van der Waals surface area contributed by atoms with Crippen molar-refractivity contribution in [1.82, 2.24) is 4.98 Å². The molecular weight excluding hydrogens is 286 g/mol. The van der Waals surface area contributed by atoms with E-state index in [1.807, 2.05) is 12.2 Å². The van der Waals surface area contributed by atoms with Gasteiger partial charge in [-0.1, -0.05) is 49.6 Å². The Bertz CT molecular complexity index is 769. The Hall–Kier alpha value is -2.68. The summed E-state index contributed by atoms with van der Waals surface area (Å²) in [5.41, 5.74) is 4.72. The standard InChI is InChI=1S/C20H19NO2/c1-3-5-14(4-2)15-6-7-17-13-18(9-8-16(17)12-15)19(22)20-21-10-11-23-20/h3-7,10-12,18H,1-2,8-9,13H2/b14-5+. The van der Waals surface area contributed by atoms with Crippen LogP contribution in [0.5, 0.6) is 0 Å². The molecule has 0 N–H and O–H groups in total. The molecule has 0 aliphatic heterocycles. The number of nitrogens with zero attached hydrogens (tertiary/aromatic N) is 1. The average Bonchev–Trinajstić information content (AvgIpc) is 3.12. The smallest absolute Gasteiger partial charge is 0.263 e. The summed E-state index contributed by atoms with van der Waals surface area (Å²) in [4.78, 5) is 16.4. The highest BCUT2D eigenvalue weighted by atomic mass is 16.3. The number of Topliss-reactive ketones (excluding diaryl/α,β-unsaturated/α-hetero) is 1. The van der Waals surface area contributed by atoms with Crippen LogP contribution in [0.2, 0.25) is 0 Å². The lowest BCUT2D eigenvalue weighted by Gasteiger charge is -2.23. The van der Waals surface area contributed by atoms with Crippen LogP contribution < -0.4 is 0 Å². The Morgan fingerprint density at radius 1 is 1.30 bits per heavy atom. The van der Waals surface area contributed by atoms with Crippen molar-refractivity contribution in [3.63, 3.8) is 0 Å². The molecule has 1 aromatic heterocycles. The lowest BCUT2D eigenvalue weighted by molar-refractivity contribution is 0.0873. The second kappa shape index (κ2) is 6.61. The highest BCUT2D eigenvalue weighted by molar-refractivity contribution is 5.94. The van der Waals surface area contributed by atoms with E-state index >= 15 is 0 Å². The minimum atomic E-state index is -0.0467. The van der Waals surface area contributed by atoms with Gasteiger partial charge >= 0.3 is 0 Å². The lowest BCUT2D eigenvalue weighted by Crippen LogP contribution is -2.23. The van der Waals surface area contributed by atoms with Gasteiger partial charge in [-0.15, -0.1) is 0 Å². The number of carbonyl (C=O) groups is 1. The molecule has 0 radical (unpaired) electrons. The Morgan fingerprint density at radius 3 is 2.87 bits per heavy atom. The zero-order valence-corrected chi connectivity index (χ0v) is 13.0. The second-order valence-corrected chi connectivity index (χ2v) is 5.69. The monoisotopic (exact) mass is 305 g/mol. The molecular formula is C20H19NO2. The molecule has 2 aromatic rings. The summed E-state index contributed by atoms with van der Waals surface area (Å²) in [6, 6.07) is 6.38. The van der Waals surface area contributed by atoms with Gasteiger partial charge in [-0.2, -0.15) is 0 Å². The summed E-state index contributed by atoms with van der Waals surface area (Å²) in [7, 11) is 0. The highest BCUT2D eigenvalue weighted by Gasteiger charge is 2.28. The molecule has 0 saturated carbocycles. The van der Waals surface area contributed by atoms with Crippen molar-refractivity contribution in [3.8, 4) is 0 Å². The lowest BCUT2D eigenvalue weighted by atomic mass is 9.80. The Morgan fingerprint density at radius 2 is 2.17 bits per heavy atom. The van der Waals surface area contributed by atoms with E-state index in [2.05, 4.69) is 36.3 Å². The van der Waals surface area contributed by atoms with Gasteiger partial charge in [0.1, 0.15) is 6.26 Å². The molecule has 0 bridgehead atoms. The van der Waals surface area contributed by atoms with Crippen molar-refractivity contribution in [2.45, 2.75) is 19.3 Å². The number of benzene rings is 1. The summed E-state index contributed by atoms with van der Waals surface area (Å²) in [6.07, 6.45) is 11.0. The van der Waals surface area contributed by atoms with Crippen LogP contribution in [0.4, 0.5) is 0 Å². The molecule has 116 valence electrons. The first kappa shape index (κ1) is 15.2. The molecule has 0 fully saturated rings. The first-order chi connectivity index (χ1) is 11.2. The third kappa shape index (κ3) is 3.09. The molecule has 0 amide bonds. The number of rotatable bonds is 5. The van der Waals surface area contributed by atoms with Gasteiger partial charge in [-0.05, 0) is 41.5 Å². The van der Waals surface area contributed by atoms with E-state index in [0.29, 0.717) is 0 Å². The number of fused-ring (bicyclic) bond motifs is 1. The molecule has 1 heterocycles. The van der Waals surface area contributed by atoms with Gasteiger partial charge in [0.15, 0.2) is 0 Å². The van der Waals surface area contributed by atoms with Gasteiger partial charge in [0.2, 0.25) is 5.78 Å². The Kier molecular flexibility index (Phi) is 4.38. The summed E-state index contributed by atoms with van der Waals surface area (Å²) in [6.45, 7) is 7.59. The molecule has 1 aliphatic rings. The van der Waals surface area contributed by atoms with Crippen LogP contribution in [0.3, 0.4) is 0 Å². The quantitative estimate of drug-likeness (QED) is 0.606. The van der Waals surface area contributed by atoms with Crippen molar-refractivity contribution in [2.24, 2.45) is 5.92 Å². The SMILES string of the molecule is C=C/C=C(\C=C)c1ccc2c(c1)CCC(C(=O)c1ncco1)C2. The fraction of sp³-hybridized carbons (Fsp3) is 0.200. The predicted octanol–water partition coefficient (Wildman–Crippen LogP) is 4.42. The summed E-state index contributed by atoms with van der Waals surface area (Å²) < 4.78 is 5.14. The van der Waals surface area contributed by atoms with E-state index in [1.54, 1.807) is 6.08 Å². The number of carbonyl (C=O) groups excluding carboxylic acids is 1. The van der Waals surface area contributed by atoms with E-state index in [0.717, 1.165) is 30.4 Å². The van der Waals surface area contributed by atoms with Crippen molar-refractivity contribution in [2.75, 3.05) is 0 Å². The number of oxazole rings is 1. The highest BCUT2D eigenvalue weighted by Crippen LogP contribution is 2.30. The number of aromatic nitrogens is 1. The van der Waals surface area contributed by atoms with Gasteiger partial charge < -0.3 is 4.42 Å². The average molecular weight is 305 g/mol. The molecule has 23 heavy (non-hydrogen) atoms. The molecule has 0 saturated heterocycles. The fourth-order valence-corrected chi connectivity index (χ4v) is 3.09. The molecule has 1 aromatic carbocycles. The number of hydrogen-bond acceptors (Lipinski definition) is 3. The van der Waals surface area contributed by atoms with Gasteiger partial charge in [-0.3, -0.25) is 4.79 Å². The topological polar surface area (TPSA) is 43.1 Å². The summed E-state index contributed by atoms with van der Waals surface area (Å²) in [5, 5.41) is 0. The van der Waals surface area contributed by atoms with Crippen LogP contribution >= 0.6 is 0 Å². The maximum Gasteiger partial charge on any atom is 0.263 e. The van der Waals surface area contributed by atoms with Crippen molar-refractivity contribution < 1.29 is 9.21 Å². The zero-order chi connectivity index (χ0) is 16.2. The fourth-order valence-electron chi connectivity index (χ4n) is 3.09. The van der Waals surface area contributed by atoms with Crippen LogP contribution in [0.15, 0.2) is 66.5 Å². The summed E-state index contributed by atoms with van der Waals surface area (Å²) in [5.74, 6) is 0.176. The van der Waals surface area contributed by atoms with Gasteiger partial charge in [0.05, 0.1) is 6.20 Å². The Balaban J connectivity index is 1.83. The molecule has 1 atom stereocenters. The van der Waals surface area contributed by atoms with E-state index in [4.69, 9.17) is 4.42 Å². The number of allylic oxidation sites excluding steroid dienone is 4. The largest absolute Gasteiger partial charge is 0.442 e. The first-order valence-electron chi connectivity index (χ1n) is 7.74. The number of hydrogen-bond donors (Lipinski definition) is 0. The van der Waals surface area contributed by atoms with Crippen LogP contribution in [0.1, 0.15) is 33.8 Å². The second-order valence-electron chi connectivity index (χ2n) is 5.69. The molecule has 3 nitrogen and oxygen atoms in total. The maximum absolute atomic E-state index is 12.4. The van der Waals surface area contributed by atoms with Crippen LogP contribution in [0.25, 0.3) is 5.57 Å². The predicted molar refractivity (Wildman–Crippen MR) is 91.2 cm³/mol. The molecule has 3 rings (SSSR count). The first-order valence-corrected chi connectivity index (χ1v) is 7.74. The van der Waals surface area contributed by atoms with Crippen LogP contribution in [0, 0.1) is 5.92 Å². The molecule has 3 heteroatoms. The zero-order valence-electron chi connectivity index (χ0n) is 13.0. The number of ketones is 1. The van der Waals surface area contributed by atoms with Crippen molar-refractivity contribution >= 4 is 11.4 Å².